The second kappa shape index (κ2) is 10.3. The Kier molecular flexibility index (Phi) is 7.05. The van der Waals surface area contributed by atoms with Crippen molar-refractivity contribution in [1.82, 2.24) is 15.2 Å². The van der Waals surface area contributed by atoms with E-state index in [0.29, 0.717) is 36.8 Å². The van der Waals surface area contributed by atoms with Gasteiger partial charge >= 0.3 is 0 Å². The molecular weight excluding hydrogens is 414 g/mol. The first-order valence-corrected chi connectivity index (χ1v) is 11.0. The minimum absolute atomic E-state index is 0.0684. The van der Waals surface area contributed by atoms with Crippen molar-refractivity contribution in [2.24, 2.45) is 0 Å². The van der Waals surface area contributed by atoms with Crippen LogP contribution in [-0.4, -0.2) is 34.7 Å². The molecule has 6 heteroatoms. The number of hydrogen-bond acceptors (Lipinski definition) is 6. The highest BCUT2D eigenvalue weighted by Crippen LogP contribution is 2.33. The Bertz CT molecular complexity index is 1230. The molecule has 0 saturated heterocycles. The summed E-state index contributed by atoms with van der Waals surface area (Å²) in [5, 5.41) is 8.23. The molecule has 0 aliphatic heterocycles. The number of Topliss-reactive ketones (excluding diaryl/α,β-unsaturated/α-hetero) is 1. The van der Waals surface area contributed by atoms with Crippen molar-refractivity contribution in [3.63, 3.8) is 0 Å². The molecule has 4 rings (SSSR count). The van der Waals surface area contributed by atoms with E-state index in [9.17, 15) is 4.79 Å². The summed E-state index contributed by atoms with van der Waals surface area (Å²) in [6.45, 7) is 4.51. The molecule has 0 saturated carbocycles. The van der Waals surface area contributed by atoms with E-state index in [1.54, 1.807) is 19.4 Å². The lowest BCUT2D eigenvalue weighted by atomic mass is 9.83. The summed E-state index contributed by atoms with van der Waals surface area (Å²) in [7, 11) is 1.64. The van der Waals surface area contributed by atoms with Gasteiger partial charge in [0.2, 0.25) is 11.8 Å². The molecule has 4 aromatic rings. The number of hydrogen-bond donors (Lipinski definition) is 0. The SMILES string of the molecule is COCCc1nnc(-c2ccc(C(CC(=O)c3ccnc(C)c3)c3ccccc3C)cc2)o1. The molecule has 0 fully saturated rings. The molecule has 0 spiro atoms. The van der Waals surface area contributed by atoms with Gasteiger partial charge < -0.3 is 9.15 Å². The highest BCUT2D eigenvalue weighted by atomic mass is 16.5. The van der Waals surface area contributed by atoms with Crippen molar-refractivity contribution in [2.45, 2.75) is 32.6 Å². The van der Waals surface area contributed by atoms with Crippen LogP contribution in [0.3, 0.4) is 0 Å². The van der Waals surface area contributed by atoms with E-state index in [1.807, 2.05) is 49.4 Å². The molecule has 2 aromatic heterocycles. The Morgan fingerprint density at radius 3 is 2.55 bits per heavy atom. The number of pyridine rings is 1. The van der Waals surface area contributed by atoms with Crippen LogP contribution in [0.4, 0.5) is 0 Å². The van der Waals surface area contributed by atoms with Gasteiger partial charge in [0.25, 0.3) is 0 Å². The zero-order chi connectivity index (χ0) is 23.2. The van der Waals surface area contributed by atoms with Crippen molar-refractivity contribution in [3.05, 3.63) is 101 Å². The van der Waals surface area contributed by atoms with Crippen molar-refractivity contribution in [1.29, 1.82) is 0 Å². The average Bonchev–Trinajstić information content (AvgIpc) is 3.31. The van der Waals surface area contributed by atoms with Gasteiger partial charge in [-0.3, -0.25) is 9.78 Å². The highest BCUT2D eigenvalue weighted by Gasteiger charge is 2.21. The molecule has 0 amide bonds. The van der Waals surface area contributed by atoms with E-state index < -0.39 is 0 Å². The zero-order valence-electron chi connectivity index (χ0n) is 19.1. The van der Waals surface area contributed by atoms with Crippen LogP contribution in [0.1, 0.15) is 51.0 Å². The molecule has 6 nitrogen and oxygen atoms in total. The summed E-state index contributed by atoms with van der Waals surface area (Å²) in [4.78, 5) is 17.4. The highest BCUT2D eigenvalue weighted by molar-refractivity contribution is 5.96. The molecule has 1 unspecified atom stereocenters. The first kappa shape index (κ1) is 22.6. The predicted octanol–water partition coefficient (Wildman–Crippen LogP) is 5.34. The zero-order valence-corrected chi connectivity index (χ0v) is 19.1. The van der Waals surface area contributed by atoms with Crippen LogP contribution >= 0.6 is 0 Å². The van der Waals surface area contributed by atoms with E-state index in [4.69, 9.17) is 9.15 Å². The van der Waals surface area contributed by atoms with Crippen LogP contribution in [-0.2, 0) is 11.2 Å². The topological polar surface area (TPSA) is 78.1 Å². The fourth-order valence-electron chi connectivity index (χ4n) is 3.93. The molecule has 2 aromatic carbocycles. The summed E-state index contributed by atoms with van der Waals surface area (Å²) in [6.07, 6.45) is 2.63. The van der Waals surface area contributed by atoms with Crippen LogP contribution < -0.4 is 0 Å². The Hall–Kier alpha value is -3.64. The monoisotopic (exact) mass is 441 g/mol. The number of ether oxygens (including phenoxy) is 1. The second-order valence-corrected chi connectivity index (χ2v) is 8.09. The van der Waals surface area contributed by atoms with E-state index in [0.717, 1.165) is 27.9 Å². The minimum Gasteiger partial charge on any atom is -0.421 e. The van der Waals surface area contributed by atoms with Gasteiger partial charge in [-0.15, -0.1) is 10.2 Å². The number of methoxy groups -OCH3 is 1. The number of aromatic nitrogens is 3. The molecule has 0 radical (unpaired) electrons. The van der Waals surface area contributed by atoms with Gasteiger partial charge in [-0.1, -0.05) is 36.4 Å². The standard InChI is InChI=1S/C27H27N3O3/c1-18-6-4-5-7-23(18)24(17-25(31)22-12-14-28-19(2)16-22)20-8-10-21(11-9-20)27-30-29-26(33-27)13-15-32-3/h4-12,14,16,24H,13,15,17H2,1-3H3. The van der Waals surface area contributed by atoms with Crippen molar-refractivity contribution >= 4 is 5.78 Å². The Labute approximate surface area is 193 Å². The third-order valence-corrected chi connectivity index (χ3v) is 5.72. The van der Waals surface area contributed by atoms with Gasteiger partial charge in [-0.25, -0.2) is 0 Å². The molecule has 0 bridgehead atoms. The maximum absolute atomic E-state index is 13.2. The molecule has 0 N–H and O–H groups in total. The number of rotatable bonds is 9. The van der Waals surface area contributed by atoms with Crippen LogP contribution in [0.5, 0.6) is 0 Å². The van der Waals surface area contributed by atoms with Gasteiger partial charge in [-0.2, -0.15) is 0 Å². The number of nitrogens with zero attached hydrogens (tertiary/aromatic N) is 3. The normalized spacial score (nSPS) is 12.0. The summed E-state index contributed by atoms with van der Waals surface area (Å²) in [6, 6.07) is 19.9. The Balaban J connectivity index is 1.62. The van der Waals surface area contributed by atoms with Crippen LogP contribution in [0.2, 0.25) is 0 Å². The quantitative estimate of drug-likeness (QED) is 0.326. The third kappa shape index (κ3) is 5.41. The fourth-order valence-corrected chi connectivity index (χ4v) is 3.93. The number of ketones is 1. The third-order valence-electron chi connectivity index (χ3n) is 5.72. The van der Waals surface area contributed by atoms with E-state index in [2.05, 4.69) is 34.2 Å². The second-order valence-electron chi connectivity index (χ2n) is 8.09. The van der Waals surface area contributed by atoms with Crippen LogP contribution in [0, 0.1) is 13.8 Å². The Morgan fingerprint density at radius 1 is 1.03 bits per heavy atom. The average molecular weight is 442 g/mol. The predicted molar refractivity (Wildman–Crippen MR) is 126 cm³/mol. The van der Waals surface area contributed by atoms with Crippen molar-refractivity contribution < 1.29 is 13.9 Å². The fraction of sp³-hybridized carbons (Fsp3) is 0.259. The maximum Gasteiger partial charge on any atom is 0.247 e. The Morgan fingerprint density at radius 2 is 1.82 bits per heavy atom. The molecule has 168 valence electrons. The molecule has 1 atom stereocenters. The lowest BCUT2D eigenvalue weighted by Gasteiger charge is -2.20. The molecule has 0 aliphatic carbocycles. The largest absolute Gasteiger partial charge is 0.421 e. The van der Waals surface area contributed by atoms with Gasteiger partial charge in [0.15, 0.2) is 5.78 Å². The molecular formula is C27H27N3O3. The van der Waals surface area contributed by atoms with E-state index in [1.165, 1.54) is 0 Å². The molecule has 0 aliphatic rings. The van der Waals surface area contributed by atoms with Gasteiger partial charge in [0, 0.05) is 48.9 Å². The van der Waals surface area contributed by atoms with E-state index in [-0.39, 0.29) is 11.7 Å². The van der Waals surface area contributed by atoms with Crippen molar-refractivity contribution in [2.75, 3.05) is 13.7 Å². The number of aryl methyl sites for hydroxylation is 2. The number of benzene rings is 2. The smallest absolute Gasteiger partial charge is 0.247 e. The first-order valence-electron chi connectivity index (χ1n) is 11.0. The van der Waals surface area contributed by atoms with Crippen LogP contribution in [0.25, 0.3) is 11.5 Å². The summed E-state index contributed by atoms with van der Waals surface area (Å²) in [5.41, 5.74) is 5.73. The minimum atomic E-state index is -0.0684. The molecule has 33 heavy (non-hydrogen) atoms. The summed E-state index contributed by atoms with van der Waals surface area (Å²) >= 11 is 0. The van der Waals surface area contributed by atoms with Crippen LogP contribution in [0.15, 0.2) is 71.3 Å². The van der Waals surface area contributed by atoms with E-state index >= 15 is 0 Å². The lowest BCUT2D eigenvalue weighted by molar-refractivity contribution is 0.0977. The van der Waals surface area contributed by atoms with Gasteiger partial charge in [0.05, 0.1) is 6.61 Å². The summed E-state index contributed by atoms with van der Waals surface area (Å²) < 4.78 is 10.8. The number of carbonyl (C=O) groups excluding carboxylic acids is 1. The number of carbonyl (C=O) groups is 1. The van der Waals surface area contributed by atoms with Gasteiger partial charge in [0.1, 0.15) is 0 Å². The van der Waals surface area contributed by atoms with Crippen molar-refractivity contribution in [3.8, 4) is 11.5 Å². The maximum atomic E-state index is 13.2. The first-order chi connectivity index (χ1) is 16.0. The lowest BCUT2D eigenvalue weighted by Crippen LogP contribution is -2.11. The summed E-state index contributed by atoms with van der Waals surface area (Å²) in [5.74, 6) is 1.05. The van der Waals surface area contributed by atoms with Gasteiger partial charge in [-0.05, 0) is 54.8 Å². The molecule has 2 heterocycles.